The molecule has 0 saturated heterocycles. The number of hydrogen-bond acceptors (Lipinski definition) is 4. The summed E-state index contributed by atoms with van der Waals surface area (Å²) in [4.78, 5) is 9.01. The first-order valence-electron chi connectivity index (χ1n) is 7.26. The van der Waals surface area contributed by atoms with E-state index in [4.69, 9.17) is 9.47 Å². The van der Waals surface area contributed by atoms with E-state index in [0.29, 0.717) is 31.8 Å². The first-order chi connectivity index (χ1) is 9.12. The van der Waals surface area contributed by atoms with E-state index < -0.39 is 0 Å². The van der Waals surface area contributed by atoms with Gasteiger partial charge in [-0.2, -0.15) is 0 Å². The number of amidine groups is 2. The Hall–Kier alpha value is -1.26. The predicted octanol–water partition coefficient (Wildman–Crippen LogP) is 2.82. The topological polar surface area (TPSA) is 55.2 Å². The fourth-order valence-electron chi connectivity index (χ4n) is 1.54. The van der Waals surface area contributed by atoms with Gasteiger partial charge in [-0.25, -0.2) is 9.98 Å². The molecule has 1 N–H and O–H groups in total. The van der Waals surface area contributed by atoms with E-state index in [1.807, 2.05) is 6.92 Å². The molecule has 1 atom stereocenters. The van der Waals surface area contributed by atoms with Crippen molar-refractivity contribution in [1.82, 2.24) is 5.32 Å². The largest absolute Gasteiger partial charge is 0.465 e. The molecule has 0 fully saturated rings. The summed E-state index contributed by atoms with van der Waals surface area (Å²) in [5.74, 6) is 0. The molecule has 1 aliphatic heterocycles. The van der Waals surface area contributed by atoms with Gasteiger partial charge in [-0.3, -0.25) is 5.32 Å². The van der Waals surface area contributed by atoms with Gasteiger partial charge in [0.15, 0.2) is 0 Å². The standard InChI is InChI=1S/C15H29N3O2/c1-8-19-12(16-10-14(2,3)4)18-13-17-11(9-20-13)15(5,6)7/h11H,8-10H2,1-7H3,(H,16,17,18). The fourth-order valence-corrected chi connectivity index (χ4v) is 1.54. The normalized spacial score (nSPS) is 20.4. The Morgan fingerprint density at radius 2 is 2.00 bits per heavy atom. The van der Waals surface area contributed by atoms with Gasteiger partial charge in [-0.15, -0.1) is 0 Å². The Kier molecular flexibility index (Phi) is 5.42. The van der Waals surface area contributed by atoms with Crippen LogP contribution < -0.4 is 5.32 Å². The van der Waals surface area contributed by atoms with E-state index in [1.54, 1.807) is 0 Å². The molecule has 0 aromatic carbocycles. The Morgan fingerprint density at radius 3 is 2.45 bits per heavy atom. The molecule has 0 saturated carbocycles. The van der Waals surface area contributed by atoms with Crippen LogP contribution in [0.25, 0.3) is 0 Å². The second-order valence-corrected chi connectivity index (χ2v) is 7.37. The summed E-state index contributed by atoms with van der Waals surface area (Å²) in [5.41, 5.74) is 0.216. The Labute approximate surface area is 122 Å². The van der Waals surface area contributed by atoms with Crippen molar-refractivity contribution in [2.24, 2.45) is 20.8 Å². The molecular weight excluding hydrogens is 254 g/mol. The van der Waals surface area contributed by atoms with Crippen LogP contribution in [0.1, 0.15) is 48.5 Å². The van der Waals surface area contributed by atoms with Gasteiger partial charge in [0.1, 0.15) is 6.61 Å². The molecule has 1 rings (SSSR count). The zero-order chi connectivity index (χ0) is 15.4. The van der Waals surface area contributed by atoms with Crippen LogP contribution in [0.2, 0.25) is 0 Å². The van der Waals surface area contributed by atoms with Gasteiger partial charge in [0.05, 0.1) is 12.6 Å². The predicted molar refractivity (Wildman–Crippen MR) is 83.1 cm³/mol. The lowest BCUT2D eigenvalue weighted by atomic mass is 9.88. The molecule has 116 valence electrons. The maximum Gasteiger partial charge on any atom is 0.293 e. The highest BCUT2D eigenvalue weighted by atomic mass is 16.5. The molecule has 0 radical (unpaired) electrons. The highest BCUT2D eigenvalue weighted by Gasteiger charge is 2.30. The van der Waals surface area contributed by atoms with Crippen molar-refractivity contribution in [3.05, 3.63) is 0 Å². The number of rotatable bonds is 2. The van der Waals surface area contributed by atoms with E-state index >= 15 is 0 Å². The van der Waals surface area contributed by atoms with Crippen molar-refractivity contribution in [3.8, 4) is 0 Å². The Morgan fingerprint density at radius 1 is 1.35 bits per heavy atom. The van der Waals surface area contributed by atoms with Crippen molar-refractivity contribution in [2.75, 3.05) is 19.8 Å². The zero-order valence-corrected chi connectivity index (χ0v) is 13.9. The maximum atomic E-state index is 5.58. The third kappa shape index (κ3) is 5.80. The Bertz CT molecular complexity index is 376. The highest BCUT2D eigenvalue weighted by molar-refractivity contribution is 5.93. The van der Waals surface area contributed by atoms with Crippen molar-refractivity contribution < 1.29 is 9.47 Å². The van der Waals surface area contributed by atoms with E-state index in [2.05, 4.69) is 56.8 Å². The fraction of sp³-hybridized carbons (Fsp3) is 0.867. The van der Waals surface area contributed by atoms with Crippen LogP contribution in [0.3, 0.4) is 0 Å². The first kappa shape index (κ1) is 16.8. The molecule has 1 heterocycles. The number of nitrogens with zero attached hydrogens (tertiary/aromatic N) is 2. The van der Waals surface area contributed by atoms with Crippen LogP contribution in [0.5, 0.6) is 0 Å². The third-order valence-electron chi connectivity index (χ3n) is 2.84. The van der Waals surface area contributed by atoms with E-state index in [9.17, 15) is 0 Å². The zero-order valence-electron chi connectivity index (χ0n) is 13.9. The lowest BCUT2D eigenvalue weighted by Crippen LogP contribution is -2.33. The number of ether oxygens (including phenoxy) is 2. The van der Waals surface area contributed by atoms with Crippen molar-refractivity contribution >= 4 is 12.0 Å². The minimum atomic E-state index is 0.0950. The summed E-state index contributed by atoms with van der Waals surface area (Å²) in [5, 5.41) is 3.05. The van der Waals surface area contributed by atoms with Gasteiger partial charge in [-0.1, -0.05) is 41.5 Å². The number of nitrogens with one attached hydrogen (secondary N) is 1. The molecule has 0 bridgehead atoms. The second-order valence-electron chi connectivity index (χ2n) is 7.37. The van der Waals surface area contributed by atoms with Crippen LogP contribution >= 0.6 is 0 Å². The molecule has 0 spiro atoms. The minimum Gasteiger partial charge on any atom is -0.465 e. The molecule has 5 heteroatoms. The average Bonchev–Trinajstić information content (AvgIpc) is 2.73. The van der Waals surface area contributed by atoms with Gasteiger partial charge < -0.3 is 9.47 Å². The van der Waals surface area contributed by atoms with Crippen LogP contribution in [-0.2, 0) is 9.47 Å². The quantitative estimate of drug-likeness (QED) is 0.626. The van der Waals surface area contributed by atoms with Crippen LogP contribution in [0.15, 0.2) is 9.98 Å². The van der Waals surface area contributed by atoms with Crippen LogP contribution in [0, 0.1) is 10.8 Å². The summed E-state index contributed by atoms with van der Waals surface area (Å²) >= 11 is 0. The summed E-state index contributed by atoms with van der Waals surface area (Å²) < 4.78 is 11.1. The molecule has 0 aromatic heterocycles. The molecular formula is C15H29N3O2. The average molecular weight is 283 g/mol. The number of hydrogen-bond donors (Lipinski definition) is 1. The highest BCUT2D eigenvalue weighted by Crippen LogP contribution is 2.25. The molecule has 20 heavy (non-hydrogen) atoms. The second kappa shape index (κ2) is 6.46. The molecule has 5 nitrogen and oxygen atoms in total. The van der Waals surface area contributed by atoms with E-state index in [-0.39, 0.29) is 16.9 Å². The van der Waals surface area contributed by atoms with Gasteiger partial charge in [0.25, 0.3) is 12.0 Å². The molecule has 0 aromatic rings. The van der Waals surface area contributed by atoms with Gasteiger partial charge >= 0.3 is 0 Å². The van der Waals surface area contributed by atoms with Crippen molar-refractivity contribution in [2.45, 2.75) is 54.5 Å². The molecule has 0 amide bonds. The summed E-state index contributed by atoms with van der Waals surface area (Å²) in [6.07, 6.45) is 0. The van der Waals surface area contributed by atoms with Crippen molar-refractivity contribution in [3.63, 3.8) is 0 Å². The summed E-state index contributed by atoms with van der Waals surface area (Å²) in [6.45, 7) is 16.7. The van der Waals surface area contributed by atoms with E-state index in [1.165, 1.54) is 0 Å². The van der Waals surface area contributed by atoms with Gasteiger partial charge in [0, 0.05) is 6.54 Å². The first-order valence-corrected chi connectivity index (χ1v) is 7.26. The summed E-state index contributed by atoms with van der Waals surface area (Å²) in [6, 6.07) is 1.15. The lowest BCUT2D eigenvalue weighted by Gasteiger charge is -2.21. The lowest BCUT2D eigenvalue weighted by molar-refractivity contribution is 0.231. The Balaban J connectivity index is 2.68. The monoisotopic (exact) mass is 283 g/mol. The summed E-state index contributed by atoms with van der Waals surface area (Å²) in [7, 11) is 0. The van der Waals surface area contributed by atoms with Gasteiger partial charge in [0.2, 0.25) is 0 Å². The van der Waals surface area contributed by atoms with Crippen molar-refractivity contribution in [1.29, 1.82) is 0 Å². The van der Waals surface area contributed by atoms with Crippen LogP contribution in [-0.4, -0.2) is 37.8 Å². The third-order valence-corrected chi connectivity index (χ3v) is 2.84. The SMILES string of the molecule is CCOC(=NCC(C)(C)C)NC1=NC(C(C)(C)C)CO1. The molecule has 1 unspecified atom stereocenters. The minimum absolute atomic E-state index is 0.0950. The molecule has 1 aliphatic rings. The molecule has 0 aliphatic carbocycles. The van der Waals surface area contributed by atoms with Gasteiger partial charge in [-0.05, 0) is 17.8 Å². The number of aliphatic imine (C=N–C) groups is 2. The maximum absolute atomic E-state index is 5.58. The van der Waals surface area contributed by atoms with E-state index in [0.717, 1.165) is 0 Å². The smallest absolute Gasteiger partial charge is 0.293 e. The van der Waals surface area contributed by atoms with Crippen LogP contribution in [0.4, 0.5) is 0 Å².